The maximum Gasteiger partial charge on any atom is 0.147 e. The molecule has 1 heteroatoms. The van der Waals surface area contributed by atoms with Crippen LogP contribution in [0.25, 0.3) is 129 Å². The Hall–Kier alpha value is -8.36. The number of fused-ring (bicyclic) bond motifs is 15. The van der Waals surface area contributed by atoms with E-state index in [2.05, 4.69) is 243 Å². The van der Waals surface area contributed by atoms with Crippen LogP contribution in [-0.2, 0) is 0 Å². The minimum Gasteiger partial charge on any atom is -0.0617 e. The summed E-state index contributed by atoms with van der Waals surface area (Å²) in [4.78, 5) is 0. The van der Waals surface area contributed by atoms with Crippen molar-refractivity contribution in [1.82, 2.24) is 0 Å². The molecule has 0 aromatic heterocycles. The molecule has 0 N–H and O–H groups in total. The van der Waals surface area contributed by atoms with E-state index in [1.165, 1.54) is 145 Å². The second kappa shape index (κ2) is 14.1. The summed E-state index contributed by atoms with van der Waals surface area (Å²) >= 11 is 0. The lowest BCUT2D eigenvalue weighted by atomic mass is 9.96. The second-order valence-electron chi connectivity index (χ2n) is 19.4. The van der Waals surface area contributed by atoms with E-state index in [0.29, 0.717) is 0 Å². The van der Waals surface area contributed by atoms with Crippen LogP contribution >= 0.6 is 0 Å². The molecule has 0 radical (unpaired) electrons. The fourth-order valence-corrected chi connectivity index (χ4v) is 16.7. The van der Waals surface area contributed by atoms with Crippen molar-refractivity contribution in [2.24, 2.45) is 0 Å². The van der Waals surface area contributed by atoms with Crippen molar-refractivity contribution in [2.75, 3.05) is 0 Å². The first-order valence-electron chi connectivity index (χ1n) is 23.9. The van der Waals surface area contributed by atoms with Gasteiger partial charge in [-0.15, -0.1) is 0 Å². The van der Waals surface area contributed by atoms with Crippen molar-refractivity contribution in [3.8, 4) is 0 Å². The van der Waals surface area contributed by atoms with Crippen LogP contribution in [0.15, 0.2) is 237 Å². The van der Waals surface area contributed by atoms with Gasteiger partial charge in [0.1, 0.15) is 8.07 Å². The third-order valence-corrected chi connectivity index (χ3v) is 20.3. The van der Waals surface area contributed by atoms with Crippen molar-refractivity contribution in [2.45, 2.75) is 6.55 Å². The van der Waals surface area contributed by atoms with E-state index in [1.807, 2.05) is 0 Å². The molecule has 0 atom stereocenters. The van der Waals surface area contributed by atoms with Gasteiger partial charge >= 0.3 is 0 Å². The average Bonchev–Trinajstić information content (AvgIpc) is 3.39. The van der Waals surface area contributed by atoms with E-state index >= 15 is 0 Å². The molecular weight excluding hydrogens is 833 g/mol. The molecule has 0 heterocycles. The molecule has 0 saturated heterocycles. The van der Waals surface area contributed by atoms with Crippen LogP contribution in [0.2, 0.25) is 6.55 Å². The molecule has 68 heavy (non-hydrogen) atoms. The smallest absolute Gasteiger partial charge is 0.0617 e. The lowest BCUT2D eigenvalue weighted by Gasteiger charge is -2.33. The van der Waals surface area contributed by atoms with E-state index in [4.69, 9.17) is 0 Å². The van der Waals surface area contributed by atoms with E-state index < -0.39 is 8.07 Å². The van der Waals surface area contributed by atoms with Crippen LogP contribution in [0.5, 0.6) is 0 Å². The van der Waals surface area contributed by atoms with Crippen LogP contribution in [0.4, 0.5) is 0 Å². The van der Waals surface area contributed by atoms with Crippen LogP contribution in [0.3, 0.4) is 0 Å². The number of rotatable bonds is 3. The minimum absolute atomic E-state index is 1.27. The van der Waals surface area contributed by atoms with Gasteiger partial charge in [-0.1, -0.05) is 170 Å². The van der Waals surface area contributed by atoms with Gasteiger partial charge in [-0.05, 0) is 218 Å². The van der Waals surface area contributed by atoms with Gasteiger partial charge in [-0.25, -0.2) is 0 Å². The highest BCUT2D eigenvalue weighted by molar-refractivity contribution is 7.13. The van der Waals surface area contributed by atoms with Crippen molar-refractivity contribution in [1.29, 1.82) is 0 Å². The Bertz CT molecular complexity index is 4220. The number of hydrogen-bond donors (Lipinski definition) is 0. The van der Waals surface area contributed by atoms with E-state index in [0.717, 1.165) is 0 Å². The Labute approximate surface area is 393 Å². The molecule has 0 spiro atoms. The van der Waals surface area contributed by atoms with Crippen LogP contribution in [0.1, 0.15) is 0 Å². The summed E-state index contributed by atoms with van der Waals surface area (Å²) in [6.45, 7) is 2.65. The van der Waals surface area contributed by atoms with Crippen molar-refractivity contribution in [3.63, 3.8) is 0 Å². The van der Waals surface area contributed by atoms with E-state index in [1.54, 1.807) is 0 Å². The maximum absolute atomic E-state index is 2.97. The number of benzene rings is 15. The monoisotopic (exact) mass is 874 g/mol. The van der Waals surface area contributed by atoms with Gasteiger partial charge < -0.3 is 0 Å². The third kappa shape index (κ3) is 5.48. The highest BCUT2D eigenvalue weighted by Gasteiger charge is 2.38. The van der Waals surface area contributed by atoms with Crippen molar-refractivity contribution in [3.05, 3.63) is 237 Å². The molecule has 0 amide bonds. The molecule has 15 aromatic carbocycles. The first-order chi connectivity index (χ1) is 33.5. The van der Waals surface area contributed by atoms with Crippen LogP contribution in [-0.4, -0.2) is 8.07 Å². The molecule has 0 saturated carbocycles. The van der Waals surface area contributed by atoms with Gasteiger partial charge in [0.05, 0.1) is 0 Å². The van der Waals surface area contributed by atoms with Crippen LogP contribution < -0.4 is 15.6 Å². The molecule has 0 aliphatic carbocycles. The molecule has 0 aliphatic heterocycles. The summed E-state index contributed by atoms with van der Waals surface area (Å²) in [5.74, 6) is 0. The zero-order chi connectivity index (χ0) is 44.7. The number of hydrogen-bond acceptors (Lipinski definition) is 0. The van der Waals surface area contributed by atoms with Crippen molar-refractivity contribution >= 4 is 153 Å². The largest absolute Gasteiger partial charge is 0.147 e. The van der Waals surface area contributed by atoms with Gasteiger partial charge in [0.2, 0.25) is 0 Å². The van der Waals surface area contributed by atoms with Crippen molar-refractivity contribution < 1.29 is 0 Å². The molecular formula is C67H42Si. The fraction of sp³-hybridized carbons (Fsp3) is 0.0149. The highest BCUT2D eigenvalue weighted by atomic mass is 28.3. The van der Waals surface area contributed by atoms with Gasteiger partial charge in [-0.3, -0.25) is 0 Å². The molecule has 0 fully saturated rings. The molecule has 0 aliphatic rings. The summed E-state index contributed by atoms with van der Waals surface area (Å²) < 4.78 is 0. The standard InChI is InChI=1S/C67H42Si/c1-68(65-20-8-17-47-32-53-26-23-50-29-41-11-2-5-14-44(41)35-56(50)59(53)38-62(47)65,66-21-9-18-48-33-54-27-24-51-30-42-12-3-6-15-45(42)36-57(51)60(54)39-63(48)66)67-22-10-19-49-34-55-28-25-52-31-43-13-4-7-16-46(43)37-58(52)61(55)40-64(49)67/h2-40H,1H3. The van der Waals surface area contributed by atoms with Gasteiger partial charge in [-0.2, -0.15) is 0 Å². The fourth-order valence-electron chi connectivity index (χ4n) is 12.3. The summed E-state index contributed by atoms with van der Waals surface area (Å²) in [6, 6.07) is 90.8. The Morgan fingerprint density at radius 3 is 0.662 bits per heavy atom. The van der Waals surface area contributed by atoms with Crippen LogP contribution in [0, 0.1) is 0 Å². The lowest BCUT2D eigenvalue weighted by molar-refractivity contribution is 1.74. The third-order valence-electron chi connectivity index (χ3n) is 15.7. The highest BCUT2D eigenvalue weighted by Crippen LogP contribution is 2.37. The summed E-state index contributed by atoms with van der Waals surface area (Å²) in [5.41, 5.74) is 0. The van der Waals surface area contributed by atoms with Gasteiger partial charge in [0, 0.05) is 0 Å². The predicted molar refractivity (Wildman–Crippen MR) is 300 cm³/mol. The molecule has 15 aromatic rings. The Balaban J connectivity index is 1.08. The molecule has 0 nitrogen and oxygen atoms in total. The second-order valence-corrected chi connectivity index (χ2v) is 23.2. The topological polar surface area (TPSA) is 0 Å². The summed E-state index contributed by atoms with van der Waals surface area (Å²) in [5, 5.41) is 35.2. The van der Waals surface area contributed by atoms with E-state index in [9.17, 15) is 0 Å². The quantitative estimate of drug-likeness (QED) is 0.0718. The molecule has 15 rings (SSSR count). The van der Waals surface area contributed by atoms with Gasteiger partial charge in [0.15, 0.2) is 0 Å². The van der Waals surface area contributed by atoms with Gasteiger partial charge in [0.25, 0.3) is 0 Å². The normalized spacial score (nSPS) is 12.5. The maximum atomic E-state index is 2.65. The predicted octanol–water partition coefficient (Wildman–Crippen LogP) is 16.6. The average molecular weight is 875 g/mol. The zero-order valence-corrected chi connectivity index (χ0v) is 38.5. The molecule has 0 bridgehead atoms. The molecule has 0 unspecified atom stereocenters. The first kappa shape index (κ1) is 37.8. The molecule has 314 valence electrons. The Morgan fingerprint density at radius 1 is 0.176 bits per heavy atom. The SMILES string of the molecule is C[Si](c1cccc2cc3ccc4cc5ccccc5cc4c3cc12)(c1cccc2cc3ccc4cc5ccccc5cc4c3cc12)c1cccc2cc3ccc4cc5ccccc5cc4c3cc12. The lowest BCUT2D eigenvalue weighted by Crippen LogP contribution is -2.65. The summed E-state index contributed by atoms with van der Waals surface area (Å²) in [7, 11) is -2.97. The summed E-state index contributed by atoms with van der Waals surface area (Å²) in [6.07, 6.45) is 0. The Kier molecular flexibility index (Phi) is 7.83. The first-order valence-corrected chi connectivity index (χ1v) is 26.4. The zero-order valence-electron chi connectivity index (χ0n) is 37.5. The minimum atomic E-state index is -2.97. The van der Waals surface area contributed by atoms with E-state index in [-0.39, 0.29) is 0 Å². The Morgan fingerprint density at radius 2 is 0.382 bits per heavy atom.